The van der Waals surface area contributed by atoms with Crippen molar-refractivity contribution >= 4 is 45.9 Å². The van der Waals surface area contributed by atoms with E-state index in [-0.39, 0.29) is 41.4 Å². The number of aromatic nitrogens is 1. The minimum absolute atomic E-state index is 0.0876. The summed E-state index contributed by atoms with van der Waals surface area (Å²) in [7, 11) is 0. The van der Waals surface area contributed by atoms with Gasteiger partial charge in [-0.1, -0.05) is 59.6 Å². The summed E-state index contributed by atoms with van der Waals surface area (Å²) in [6.07, 6.45) is 0. The average molecular weight is 522 g/mol. The van der Waals surface area contributed by atoms with Crippen molar-refractivity contribution < 1.29 is 14.0 Å². The van der Waals surface area contributed by atoms with Crippen LogP contribution in [0.15, 0.2) is 66.7 Å². The van der Waals surface area contributed by atoms with E-state index in [1.807, 2.05) is 48.5 Å². The molecule has 0 aliphatic carbocycles. The molecule has 4 aromatic rings. The lowest BCUT2D eigenvalue weighted by Gasteiger charge is -2.51. The third kappa shape index (κ3) is 3.35. The van der Waals surface area contributed by atoms with Gasteiger partial charge in [-0.25, -0.2) is 4.39 Å². The van der Waals surface area contributed by atoms with Crippen molar-refractivity contribution in [3.63, 3.8) is 0 Å². The first-order valence-electron chi connectivity index (χ1n) is 11.7. The molecule has 0 saturated carbocycles. The number of halogens is 3. The zero-order valence-electron chi connectivity index (χ0n) is 19.4. The van der Waals surface area contributed by atoms with E-state index in [0.29, 0.717) is 17.3 Å². The maximum atomic E-state index is 14.6. The molecule has 1 saturated heterocycles. The highest BCUT2D eigenvalue weighted by Crippen LogP contribution is 2.48. The van der Waals surface area contributed by atoms with Gasteiger partial charge in [0, 0.05) is 39.0 Å². The minimum Gasteiger partial charge on any atom is -0.356 e. The van der Waals surface area contributed by atoms with Gasteiger partial charge in [0.15, 0.2) is 5.54 Å². The minimum atomic E-state index is -1.27. The summed E-state index contributed by atoms with van der Waals surface area (Å²) < 4.78 is 14.6. The van der Waals surface area contributed by atoms with Gasteiger partial charge in [-0.15, -0.1) is 0 Å². The van der Waals surface area contributed by atoms with Crippen LogP contribution >= 0.6 is 23.2 Å². The van der Waals surface area contributed by atoms with E-state index in [0.717, 1.165) is 22.0 Å². The molecule has 3 heterocycles. The van der Waals surface area contributed by atoms with Crippen LogP contribution in [0, 0.1) is 5.82 Å². The molecule has 2 amide bonds. The van der Waals surface area contributed by atoms with Gasteiger partial charge in [-0.2, -0.15) is 0 Å². The Kier molecular flexibility index (Phi) is 5.36. The highest BCUT2D eigenvalue weighted by Gasteiger charge is 2.56. The van der Waals surface area contributed by atoms with Gasteiger partial charge in [0.2, 0.25) is 5.91 Å². The topological polar surface area (TPSA) is 56.4 Å². The van der Waals surface area contributed by atoms with Crippen molar-refractivity contribution in [1.82, 2.24) is 14.8 Å². The van der Waals surface area contributed by atoms with Crippen molar-refractivity contribution in [2.24, 2.45) is 0 Å². The number of carbonyl (C=O) groups is 2. The number of hydrogen-bond donors (Lipinski definition) is 1. The van der Waals surface area contributed by atoms with E-state index in [1.165, 1.54) is 17.0 Å². The SMILES string of the molecule is C[C@]12C(=O)N(Cc3c(F)cccc3Cl)CC(=O)N1C[C@H](c1ccc(Cl)cc1)c1c2[nH]c2ccccc12. The van der Waals surface area contributed by atoms with Crippen LogP contribution in [-0.2, 0) is 21.7 Å². The van der Waals surface area contributed by atoms with Gasteiger partial charge < -0.3 is 14.8 Å². The van der Waals surface area contributed by atoms with Crippen molar-refractivity contribution in [3.05, 3.63) is 105 Å². The molecule has 36 heavy (non-hydrogen) atoms. The molecule has 1 fully saturated rings. The van der Waals surface area contributed by atoms with Crippen LogP contribution < -0.4 is 0 Å². The molecule has 2 aliphatic heterocycles. The van der Waals surface area contributed by atoms with Crippen molar-refractivity contribution in [3.8, 4) is 0 Å². The zero-order valence-corrected chi connectivity index (χ0v) is 20.9. The number of para-hydroxylation sites is 1. The molecule has 1 aromatic heterocycles. The van der Waals surface area contributed by atoms with Crippen LogP contribution in [0.4, 0.5) is 4.39 Å². The summed E-state index contributed by atoms with van der Waals surface area (Å²) in [5.41, 5.74) is 2.48. The van der Waals surface area contributed by atoms with Crippen molar-refractivity contribution in [2.75, 3.05) is 13.1 Å². The summed E-state index contributed by atoms with van der Waals surface area (Å²) >= 11 is 12.4. The van der Waals surface area contributed by atoms with Gasteiger partial charge in [-0.3, -0.25) is 9.59 Å². The predicted octanol–water partition coefficient (Wildman–Crippen LogP) is 5.85. The molecule has 3 aromatic carbocycles. The Morgan fingerprint density at radius 1 is 1.03 bits per heavy atom. The first-order valence-corrected chi connectivity index (χ1v) is 12.4. The lowest BCUT2D eigenvalue weighted by molar-refractivity contribution is -0.167. The second-order valence-electron chi connectivity index (χ2n) is 9.50. The molecule has 182 valence electrons. The van der Waals surface area contributed by atoms with Crippen molar-refractivity contribution in [1.29, 1.82) is 0 Å². The van der Waals surface area contributed by atoms with E-state index in [1.54, 1.807) is 17.9 Å². The Morgan fingerprint density at radius 3 is 2.53 bits per heavy atom. The van der Waals surface area contributed by atoms with Gasteiger partial charge in [0.05, 0.1) is 12.2 Å². The van der Waals surface area contributed by atoms with Crippen LogP contribution in [0.2, 0.25) is 10.0 Å². The van der Waals surface area contributed by atoms with Crippen LogP contribution in [0.1, 0.15) is 35.2 Å². The predicted molar refractivity (Wildman–Crippen MR) is 137 cm³/mol. The summed E-state index contributed by atoms with van der Waals surface area (Å²) in [4.78, 5) is 34.2. The third-order valence-electron chi connectivity index (χ3n) is 7.50. The molecule has 6 rings (SSSR count). The van der Waals surface area contributed by atoms with Crippen LogP contribution in [0.25, 0.3) is 10.9 Å². The Labute approximate surface area is 217 Å². The number of benzene rings is 3. The fourth-order valence-electron chi connectivity index (χ4n) is 5.67. The van der Waals surface area contributed by atoms with E-state index in [4.69, 9.17) is 23.2 Å². The Bertz CT molecular complexity index is 1510. The molecule has 0 unspecified atom stereocenters. The molecule has 0 radical (unpaired) electrons. The lowest BCUT2D eigenvalue weighted by Crippen LogP contribution is -2.67. The van der Waals surface area contributed by atoms with Gasteiger partial charge in [0.25, 0.3) is 5.91 Å². The van der Waals surface area contributed by atoms with Gasteiger partial charge in [0.1, 0.15) is 12.4 Å². The fourth-order valence-corrected chi connectivity index (χ4v) is 6.02. The molecule has 2 atom stereocenters. The molecule has 5 nitrogen and oxygen atoms in total. The molecule has 1 N–H and O–H groups in total. The number of rotatable bonds is 3. The maximum absolute atomic E-state index is 14.6. The zero-order chi connectivity index (χ0) is 25.2. The molecular weight excluding hydrogens is 500 g/mol. The molecule has 2 aliphatic rings. The molecule has 8 heteroatoms. The highest BCUT2D eigenvalue weighted by molar-refractivity contribution is 6.31. The standard InChI is InChI=1S/C28H22Cl2FN3O2/c1-28-26-25(18-5-2-3-8-23(18)32-26)19(16-9-11-17(29)12-10-16)14-34(28)24(35)15-33(27(28)36)13-20-21(30)6-4-7-22(20)31/h2-12,19,32H,13-15H2,1H3/t19-,28+/m1/s1. The fraction of sp³-hybridized carbons (Fsp3) is 0.214. The van der Waals surface area contributed by atoms with E-state index in [9.17, 15) is 14.0 Å². The quantitative estimate of drug-likeness (QED) is 0.367. The number of H-pyrrole nitrogens is 1. The average Bonchev–Trinajstić information content (AvgIpc) is 3.26. The van der Waals surface area contributed by atoms with E-state index < -0.39 is 11.4 Å². The number of aromatic amines is 1. The number of piperazine rings is 1. The largest absolute Gasteiger partial charge is 0.356 e. The third-order valence-corrected chi connectivity index (χ3v) is 8.11. The Hall–Kier alpha value is -3.35. The smallest absolute Gasteiger partial charge is 0.255 e. The lowest BCUT2D eigenvalue weighted by atomic mass is 9.76. The van der Waals surface area contributed by atoms with Crippen LogP contribution in [-0.4, -0.2) is 39.7 Å². The number of amides is 2. The second-order valence-corrected chi connectivity index (χ2v) is 10.3. The van der Waals surface area contributed by atoms with Gasteiger partial charge >= 0.3 is 0 Å². The number of hydrogen-bond acceptors (Lipinski definition) is 2. The summed E-state index contributed by atoms with van der Waals surface area (Å²) in [6.45, 7) is 1.87. The normalized spacial score (nSPS) is 21.6. The molecule has 0 bridgehead atoms. The number of carbonyl (C=O) groups excluding carboxylic acids is 2. The van der Waals surface area contributed by atoms with Crippen LogP contribution in [0.5, 0.6) is 0 Å². The number of fused-ring (bicyclic) bond motifs is 5. The van der Waals surface area contributed by atoms with E-state index >= 15 is 0 Å². The maximum Gasteiger partial charge on any atom is 0.255 e. The summed E-state index contributed by atoms with van der Waals surface area (Å²) in [5.74, 6) is -1.13. The molecular formula is C28H22Cl2FN3O2. The highest BCUT2D eigenvalue weighted by atomic mass is 35.5. The first-order chi connectivity index (χ1) is 17.3. The summed E-state index contributed by atoms with van der Waals surface area (Å²) in [5, 5.41) is 1.86. The summed E-state index contributed by atoms with van der Waals surface area (Å²) in [6, 6.07) is 19.9. The van der Waals surface area contributed by atoms with Crippen LogP contribution in [0.3, 0.4) is 0 Å². The number of nitrogens with one attached hydrogen (secondary N) is 1. The van der Waals surface area contributed by atoms with Gasteiger partial charge in [-0.05, 0) is 48.4 Å². The first kappa shape index (κ1) is 23.1. The van der Waals surface area contributed by atoms with E-state index in [2.05, 4.69) is 4.98 Å². The Morgan fingerprint density at radius 2 is 1.78 bits per heavy atom. The number of nitrogens with zero attached hydrogens (tertiary/aromatic N) is 2. The molecule has 0 spiro atoms. The second kappa shape index (κ2) is 8.36. The van der Waals surface area contributed by atoms with Crippen molar-refractivity contribution in [2.45, 2.75) is 24.9 Å². The monoisotopic (exact) mass is 521 g/mol. The Balaban J connectivity index is 1.51.